The monoisotopic (exact) mass is 283 g/mol. The summed E-state index contributed by atoms with van der Waals surface area (Å²) in [5.74, 6) is 0.353. The Labute approximate surface area is 119 Å². The Hall–Kier alpha value is -1.30. The number of nitrogens with two attached hydrogens (primary N) is 1. The van der Waals surface area contributed by atoms with Crippen LogP contribution in [0.25, 0.3) is 0 Å². The number of ether oxygens (including phenoxy) is 1. The summed E-state index contributed by atoms with van der Waals surface area (Å²) >= 11 is 0. The van der Waals surface area contributed by atoms with E-state index in [0.29, 0.717) is 25.4 Å². The molecule has 1 heterocycles. The van der Waals surface area contributed by atoms with Gasteiger partial charge in [0.2, 0.25) is 5.91 Å². The second-order valence-corrected chi connectivity index (χ2v) is 5.69. The van der Waals surface area contributed by atoms with E-state index in [9.17, 15) is 4.79 Å². The minimum atomic E-state index is 0.174. The fraction of sp³-hybridized carbons (Fsp3) is 0.857. The van der Waals surface area contributed by atoms with Crippen molar-refractivity contribution in [3.05, 3.63) is 0 Å². The van der Waals surface area contributed by atoms with Gasteiger partial charge < -0.3 is 20.6 Å². The average molecular weight is 283 g/mol. The van der Waals surface area contributed by atoms with Gasteiger partial charge in [-0.3, -0.25) is 4.79 Å². The van der Waals surface area contributed by atoms with Crippen LogP contribution in [0, 0.1) is 0 Å². The van der Waals surface area contributed by atoms with Crippen LogP contribution in [0.1, 0.15) is 51.4 Å². The molecule has 1 atom stereocenters. The Kier molecular flexibility index (Phi) is 5.64. The largest absolute Gasteiger partial charge is 0.409 e. The molecule has 1 unspecified atom stereocenters. The van der Waals surface area contributed by atoms with Crippen molar-refractivity contribution in [2.45, 2.75) is 63.5 Å². The summed E-state index contributed by atoms with van der Waals surface area (Å²) < 4.78 is 5.66. The summed E-state index contributed by atoms with van der Waals surface area (Å²) in [6.07, 6.45) is 7.58. The minimum absolute atomic E-state index is 0.174. The Balaban J connectivity index is 1.74. The van der Waals surface area contributed by atoms with Gasteiger partial charge >= 0.3 is 0 Å². The SMILES string of the molecule is NC(CCN(C(=O)CCC1CCCCO1)C1CC1)=NO. The van der Waals surface area contributed by atoms with Gasteiger partial charge in [0.05, 0.1) is 6.10 Å². The van der Waals surface area contributed by atoms with Crippen LogP contribution in [-0.2, 0) is 9.53 Å². The molecule has 114 valence electrons. The van der Waals surface area contributed by atoms with E-state index in [4.69, 9.17) is 15.7 Å². The molecule has 0 radical (unpaired) electrons. The number of rotatable bonds is 7. The molecule has 0 bridgehead atoms. The molecule has 1 aliphatic carbocycles. The fourth-order valence-electron chi connectivity index (χ4n) is 2.65. The summed E-state index contributed by atoms with van der Waals surface area (Å²) in [5, 5.41) is 11.5. The molecule has 6 nitrogen and oxygen atoms in total. The summed E-state index contributed by atoms with van der Waals surface area (Å²) in [7, 11) is 0. The molecule has 1 saturated carbocycles. The molecule has 0 spiro atoms. The molecule has 1 amide bonds. The summed E-state index contributed by atoms with van der Waals surface area (Å²) in [5.41, 5.74) is 5.47. The quantitative estimate of drug-likeness (QED) is 0.320. The number of hydrogen-bond donors (Lipinski definition) is 2. The molecule has 20 heavy (non-hydrogen) atoms. The fourth-order valence-corrected chi connectivity index (χ4v) is 2.65. The van der Waals surface area contributed by atoms with Gasteiger partial charge in [0.25, 0.3) is 0 Å². The molecule has 1 saturated heterocycles. The lowest BCUT2D eigenvalue weighted by molar-refractivity contribution is -0.132. The minimum Gasteiger partial charge on any atom is -0.409 e. The highest BCUT2D eigenvalue weighted by molar-refractivity contribution is 5.81. The lowest BCUT2D eigenvalue weighted by Crippen LogP contribution is -2.36. The van der Waals surface area contributed by atoms with Gasteiger partial charge in [0, 0.05) is 32.0 Å². The van der Waals surface area contributed by atoms with E-state index in [2.05, 4.69) is 5.16 Å². The maximum Gasteiger partial charge on any atom is 0.222 e. The van der Waals surface area contributed by atoms with Crippen molar-refractivity contribution < 1.29 is 14.7 Å². The highest BCUT2D eigenvalue weighted by Gasteiger charge is 2.32. The molecule has 3 N–H and O–H groups in total. The van der Waals surface area contributed by atoms with E-state index in [0.717, 1.165) is 38.7 Å². The van der Waals surface area contributed by atoms with Gasteiger partial charge in [-0.2, -0.15) is 0 Å². The highest BCUT2D eigenvalue weighted by atomic mass is 16.5. The van der Waals surface area contributed by atoms with Gasteiger partial charge in [0.15, 0.2) is 0 Å². The Morgan fingerprint density at radius 3 is 2.70 bits per heavy atom. The summed E-state index contributed by atoms with van der Waals surface area (Å²) in [4.78, 5) is 14.2. The predicted molar refractivity (Wildman–Crippen MR) is 75.6 cm³/mol. The van der Waals surface area contributed by atoms with Crippen molar-refractivity contribution in [3.8, 4) is 0 Å². The zero-order chi connectivity index (χ0) is 14.4. The van der Waals surface area contributed by atoms with Crippen molar-refractivity contribution in [1.29, 1.82) is 0 Å². The first-order valence-electron chi connectivity index (χ1n) is 7.58. The third-order valence-electron chi connectivity index (χ3n) is 4.00. The summed E-state index contributed by atoms with van der Waals surface area (Å²) in [6, 6.07) is 0.362. The first-order valence-corrected chi connectivity index (χ1v) is 7.58. The van der Waals surface area contributed by atoms with Crippen LogP contribution < -0.4 is 5.73 Å². The van der Waals surface area contributed by atoms with Crippen molar-refractivity contribution >= 4 is 11.7 Å². The van der Waals surface area contributed by atoms with Crippen LogP contribution in [-0.4, -0.2) is 47.1 Å². The molecule has 0 aromatic heterocycles. The number of carbonyl (C=O) groups excluding carboxylic acids is 1. The third kappa shape index (κ3) is 4.67. The van der Waals surface area contributed by atoms with E-state index < -0.39 is 0 Å². The maximum atomic E-state index is 12.3. The third-order valence-corrected chi connectivity index (χ3v) is 4.00. The lowest BCUT2D eigenvalue weighted by atomic mass is 10.0. The normalized spacial score (nSPS) is 23.6. The number of hydrogen-bond acceptors (Lipinski definition) is 4. The molecule has 2 fully saturated rings. The van der Waals surface area contributed by atoms with E-state index >= 15 is 0 Å². The number of nitrogens with zero attached hydrogens (tertiary/aromatic N) is 2. The molecule has 6 heteroatoms. The van der Waals surface area contributed by atoms with Crippen LogP contribution in [0.4, 0.5) is 0 Å². The van der Waals surface area contributed by atoms with Crippen molar-refractivity contribution in [2.75, 3.05) is 13.2 Å². The number of carbonyl (C=O) groups is 1. The van der Waals surface area contributed by atoms with E-state index in [1.54, 1.807) is 0 Å². The van der Waals surface area contributed by atoms with E-state index in [1.165, 1.54) is 6.42 Å². The van der Waals surface area contributed by atoms with Crippen LogP contribution in [0.3, 0.4) is 0 Å². The molecule has 2 rings (SSSR count). The first-order chi connectivity index (χ1) is 9.70. The molecular formula is C14H25N3O3. The molecule has 0 aromatic carbocycles. The molecule has 0 aromatic rings. The van der Waals surface area contributed by atoms with Gasteiger partial charge in [-0.15, -0.1) is 0 Å². The Bertz CT molecular complexity index is 350. The lowest BCUT2D eigenvalue weighted by Gasteiger charge is -2.25. The van der Waals surface area contributed by atoms with Gasteiger partial charge in [-0.1, -0.05) is 5.16 Å². The molecule has 1 aliphatic heterocycles. The van der Waals surface area contributed by atoms with Crippen LogP contribution in [0.5, 0.6) is 0 Å². The number of amides is 1. The van der Waals surface area contributed by atoms with Crippen molar-refractivity contribution in [1.82, 2.24) is 4.90 Å². The number of amidine groups is 1. The van der Waals surface area contributed by atoms with Crippen molar-refractivity contribution in [2.24, 2.45) is 10.9 Å². The smallest absolute Gasteiger partial charge is 0.222 e. The van der Waals surface area contributed by atoms with Gasteiger partial charge in [-0.25, -0.2) is 0 Å². The van der Waals surface area contributed by atoms with Crippen LogP contribution >= 0.6 is 0 Å². The average Bonchev–Trinajstić information content (AvgIpc) is 3.31. The standard InChI is InChI=1S/C14H25N3O3/c15-13(16-19)8-9-17(11-4-5-11)14(18)7-6-12-3-1-2-10-20-12/h11-12,19H,1-10H2,(H2,15,16). The Morgan fingerprint density at radius 1 is 1.30 bits per heavy atom. The topological polar surface area (TPSA) is 88.2 Å². The maximum absolute atomic E-state index is 12.3. The summed E-state index contributed by atoms with van der Waals surface area (Å²) in [6.45, 7) is 1.37. The van der Waals surface area contributed by atoms with E-state index in [-0.39, 0.29) is 17.8 Å². The molecule has 2 aliphatic rings. The van der Waals surface area contributed by atoms with E-state index in [1.807, 2.05) is 4.90 Å². The number of oxime groups is 1. The van der Waals surface area contributed by atoms with Gasteiger partial charge in [0.1, 0.15) is 5.84 Å². The first kappa shape index (κ1) is 15.1. The molecular weight excluding hydrogens is 258 g/mol. The van der Waals surface area contributed by atoms with Crippen LogP contribution in [0.15, 0.2) is 5.16 Å². The zero-order valence-electron chi connectivity index (χ0n) is 12.0. The zero-order valence-corrected chi connectivity index (χ0v) is 12.0. The highest BCUT2D eigenvalue weighted by Crippen LogP contribution is 2.28. The predicted octanol–water partition coefficient (Wildman–Crippen LogP) is 1.46. The Morgan fingerprint density at radius 2 is 2.10 bits per heavy atom. The second kappa shape index (κ2) is 7.47. The second-order valence-electron chi connectivity index (χ2n) is 5.69. The van der Waals surface area contributed by atoms with Crippen molar-refractivity contribution in [3.63, 3.8) is 0 Å². The van der Waals surface area contributed by atoms with Gasteiger partial charge in [-0.05, 0) is 38.5 Å². The van der Waals surface area contributed by atoms with Crippen LogP contribution in [0.2, 0.25) is 0 Å².